The molecule has 30 heavy (non-hydrogen) atoms. The van der Waals surface area contributed by atoms with Crippen LogP contribution in [0.15, 0.2) is 36.8 Å². The Labute approximate surface area is 180 Å². The van der Waals surface area contributed by atoms with E-state index in [9.17, 15) is 4.79 Å². The van der Waals surface area contributed by atoms with Crippen LogP contribution in [-0.2, 0) is 13.5 Å². The van der Waals surface area contributed by atoms with E-state index in [0.717, 1.165) is 53.9 Å². The molecule has 7 heteroatoms. The van der Waals surface area contributed by atoms with Crippen LogP contribution in [0.4, 0.5) is 0 Å². The van der Waals surface area contributed by atoms with Gasteiger partial charge in [0.25, 0.3) is 5.91 Å². The third kappa shape index (κ3) is 3.35. The number of aryl methyl sites for hydroxylation is 1. The van der Waals surface area contributed by atoms with Crippen LogP contribution in [0.25, 0.3) is 11.3 Å². The van der Waals surface area contributed by atoms with Crippen molar-refractivity contribution in [1.29, 1.82) is 0 Å². The topological polar surface area (TPSA) is 60.2 Å². The largest absolute Gasteiger partial charge is 0.488 e. The van der Waals surface area contributed by atoms with Gasteiger partial charge in [-0.25, -0.2) is 0 Å². The maximum atomic E-state index is 13.1. The van der Waals surface area contributed by atoms with Gasteiger partial charge in [0.2, 0.25) is 0 Å². The third-order valence-corrected chi connectivity index (χ3v) is 6.49. The molecule has 6 nitrogen and oxygen atoms in total. The number of fused-ring (bicyclic) bond motifs is 2. The Hall–Kier alpha value is -2.86. The fraction of sp³-hybridized carbons (Fsp3) is 0.348. The number of halogens is 1. The number of benzene rings is 1. The molecule has 154 valence electrons. The number of amides is 1. The van der Waals surface area contributed by atoms with Crippen molar-refractivity contribution in [3.63, 3.8) is 0 Å². The van der Waals surface area contributed by atoms with Gasteiger partial charge >= 0.3 is 0 Å². The van der Waals surface area contributed by atoms with Gasteiger partial charge in [0, 0.05) is 50.9 Å². The molecule has 0 radical (unpaired) electrons. The van der Waals surface area contributed by atoms with Gasteiger partial charge in [0.15, 0.2) is 5.75 Å². The predicted octanol–water partition coefficient (Wildman–Crippen LogP) is 4.03. The quantitative estimate of drug-likeness (QED) is 0.639. The first kappa shape index (κ1) is 19.1. The summed E-state index contributed by atoms with van der Waals surface area (Å²) in [4.78, 5) is 19.6. The van der Waals surface area contributed by atoms with E-state index < -0.39 is 0 Å². The molecule has 1 amide bonds. The van der Waals surface area contributed by atoms with Gasteiger partial charge in [-0.3, -0.25) is 14.5 Å². The first-order valence-corrected chi connectivity index (χ1v) is 10.6. The number of pyridine rings is 1. The molecule has 1 saturated heterocycles. The van der Waals surface area contributed by atoms with E-state index in [0.29, 0.717) is 22.8 Å². The number of nitrogens with zero attached hydrogens (tertiary/aromatic N) is 4. The van der Waals surface area contributed by atoms with Crippen LogP contribution < -0.4 is 4.74 Å². The molecule has 3 aliphatic heterocycles. The molecular weight excluding hydrogens is 400 g/mol. The second-order valence-corrected chi connectivity index (χ2v) is 8.47. The van der Waals surface area contributed by atoms with Crippen molar-refractivity contribution in [1.82, 2.24) is 19.7 Å². The van der Waals surface area contributed by atoms with E-state index in [2.05, 4.69) is 16.1 Å². The SMILES string of the molecule is Cc1c(Cc2ccc(-c3cnn(C)c3)nc2)cc2c(c1Cl)OC1CCN(CC1)C2=O. The van der Waals surface area contributed by atoms with Crippen LogP contribution in [-0.4, -0.2) is 44.8 Å². The summed E-state index contributed by atoms with van der Waals surface area (Å²) in [6.07, 6.45) is 8.10. The highest BCUT2D eigenvalue weighted by molar-refractivity contribution is 6.33. The van der Waals surface area contributed by atoms with E-state index in [1.165, 1.54) is 0 Å². The van der Waals surface area contributed by atoms with E-state index in [1.54, 1.807) is 10.9 Å². The second kappa shape index (κ2) is 7.43. The van der Waals surface area contributed by atoms with Crippen molar-refractivity contribution in [2.24, 2.45) is 7.05 Å². The number of hydrogen-bond acceptors (Lipinski definition) is 4. The van der Waals surface area contributed by atoms with E-state index in [4.69, 9.17) is 16.3 Å². The molecule has 1 aromatic carbocycles. The highest BCUT2D eigenvalue weighted by Gasteiger charge is 2.33. The first-order chi connectivity index (χ1) is 14.5. The summed E-state index contributed by atoms with van der Waals surface area (Å²) >= 11 is 6.70. The van der Waals surface area contributed by atoms with Gasteiger partial charge in [0.05, 0.1) is 22.5 Å². The molecule has 0 N–H and O–H groups in total. The lowest BCUT2D eigenvalue weighted by atomic mass is 9.95. The van der Waals surface area contributed by atoms with Crippen LogP contribution in [0.3, 0.4) is 0 Å². The van der Waals surface area contributed by atoms with Crippen LogP contribution in [0.2, 0.25) is 5.02 Å². The Bertz CT molecular complexity index is 1110. The molecular formula is C23H23ClN4O2. The lowest BCUT2D eigenvalue weighted by Crippen LogP contribution is -2.44. The van der Waals surface area contributed by atoms with Crippen LogP contribution in [0.1, 0.15) is 39.9 Å². The average molecular weight is 423 g/mol. The Morgan fingerprint density at radius 3 is 2.70 bits per heavy atom. The molecule has 0 unspecified atom stereocenters. The zero-order valence-corrected chi connectivity index (χ0v) is 17.8. The maximum absolute atomic E-state index is 13.1. The highest BCUT2D eigenvalue weighted by Crippen LogP contribution is 2.39. The van der Waals surface area contributed by atoms with Crippen LogP contribution in [0, 0.1) is 6.92 Å². The molecule has 0 spiro atoms. The van der Waals surface area contributed by atoms with Crippen LogP contribution in [0.5, 0.6) is 5.75 Å². The minimum Gasteiger partial charge on any atom is -0.488 e. The van der Waals surface area contributed by atoms with Crippen molar-refractivity contribution in [3.05, 3.63) is 64.1 Å². The summed E-state index contributed by atoms with van der Waals surface area (Å²) < 4.78 is 7.94. The van der Waals surface area contributed by atoms with Gasteiger partial charge in [-0.15, -0.1) is 0 Å². The molecule has 1 fully saturated rings. The number of aromatic nitrogens is 3. The Balaban J connectivity index is 1.47. The molecule has 0 saturated carbocycles. The molecule has 2 bridgehead atoms. The van der Waals surface area contributed by atoms with Gasteiger partial charge in [-0.05, 0) is 42.2 Å². The molecule has 3 aromatic rings. The second-order valence-electron chi connectivity index (χ2n) is 8.09. The molecule has 0 aliphatic carbocycles. The minimum atomic E-state index is 0.0105. The lowest BCUT2D eigenvalue weighted by Gasteiger charge is -2.36. The zero-order valence-electron chi connectivity index (χ0n) is 17.1. The van der Waals surface area contributed by atoms with Crippen molar-refractivity contribution < 1.29 is 9.53 Å². The summed E-state index contributed by atoms with van der Waals surface area (Å²) in [5.74, 6) is 0.554. The number of carbonyl (C=O) groups excluding carboxylic acids is 1. The monoisotopic (exact) mass is 422 g/mol. The van der Waals surface area contributed by atoms with Gasteiger partial charge in [-0.1, -0.05) is 17.7 Å². The highest BCUT2D eigenvalue weighted by atomic mass is 35.5. The summed E-state index contributed by atoms with van der Waals surface area (Å²) in [6.45, 7) is 3.47. The normalized spacial score (nSPS) is 16.2. The number of ether oxygens (including phenoxy) is 1. The minimum absolute atomic E-state index is 0.0105. The molecule has 2 aromatic heterocycles. The van der Waals surface area contributed by atoms with Gasteiger partial charge in [0.1, 0.15) is 6.10 Å². The average Bonchev–Trinajstić information content (AvgIpc) is 3.19. The Morgan fingerprint density at radius 2 is 2.03 bits per heavy atom. The summed E-state index contributed by atoms with van der Waals surface area (Å²) in [6, 6.07) is 6.01. The maximum Gasteiger partial charge on any atom is 0.257 e. The number of carbonyl (C=O) groups is 1. The Morgan fingerprint density at radius 1 is 1.23 bits per heavy atom. The van der Waals surface area contributed by atoms with E-state index in [1.807, 2.05) is 43.4 Å². The van der Waals surface area contributed by atoms with Gasteiger partial charge < -0.3 is 9.64 Å². The number of piperidine rings is 1. The summed E-state index contributed by atoms with van der Waals surface area (Å²) in [5.41, 5.74) is 5.46. The lowest BCUT2D eigenvalue weighted by molar-refractivity contribution is 0.0521. The zero-order chi connectivity index (χ0) is 20.8. The Kier molecular flexibility index (Phi) is 4.74. The summed E-state index contributed by atoms with van der Waals surface area (Å²) in [7, 11) is 1.89. The predicted molar refractivity (Wildman–Crippen MR) is 115 cm³/mol. The van der Waals surface area contributed by atoms with E-state index >= 15 is 0 Å². The molecule has 3 aliphatic rings. The molecule has 6 rings (SSSR count). The van der Waals surface area contributed by atoms with Crippen molar-refractivity contribution in [2.75, 3.05) is 13.1 Å². The van der Waals surface area contributed by atoms with Crippen molar-refractivity contribution in [2.45, 2.75) is 32.3 Å². The number of rotatable bonds is 3. The van der Waals surface area contributed by atoms with Crippen molar-refractivity contribution >= 4 is 17.5 Å². The smallest absolute Gasteiger partial charge is 0.257 e. The van der Waals surface area contributed by atoms with Gasteiger partial charge in [-0.2, -0.15) is 5.10 Å². The molecule has 0 atom stereocenters. The first-order valence-electron chi connectivity index (χ1n) is 10.2. The van der Waals surface area contributed by atoms with Crippen molar-refractivity contribution in [3.8, 4) is 17.0 Å². The van der Waals surface area contributed by atoms with Crippen LogP contribution >= 0.6 is 11.6 Å². The van der Waals surface area contributed by atoms with E-state index in [-0.39, 0.29) is 12.0 Å². The summed E-state index contributed by atoms with van der Waals surface area (Å²) in [5, 5.41) is 4.74. The fourth-order valence-electron chi connectivity index (χ4n) is 4.22. The fourth-order valence-corrected chi connectivity index (χ4v) is 4.49. The third-order valence-electron chi connectivity index (χ3n) is 6.04. The molecule has 5 heterocycles. The standard InChI is InChI=1S/C23H23ClN4O2/c1-14-16(9-15-3-4-20(25-11-15)17-12-26-27(2)13-17)10-19-22(21(14)24)30-18-5-7-28(8-6-18)23(19)29/h3-4,10-13,18H,5-9H2,1-2H3. The number of hydrogen-bond donors (Lipinski definition) is 0.